The van der Waals surface area contributed by atoms with Crippen LogP contribution in [0.15, 0.2) is 18.3 Å². The molecule has 0 amide bonds. The minimum atomic E-state index is 0.704. The molecule has 2 rings (SSSR count). The molecule has 0 atom stereocenters. The van der Waals surface area contributed by atoms with E-state index >= 15 is 0 Å². The molecule has 96 valence electrons. The maximum Gasteiger partial charge on any atom is 0.147 e. The maximum atomic E-state index is 4.97. The number of rotatable bonds is 6. The molecule has 1 N–H and O–H groups in total. The molecule has 2 aromatic rings. The number of pyridine rings is 1. The highest BCUT2D eigenvalue weighted by atomic mass is 32.1. The Kier molecular flexibility index (Phi) is 4.74. The zero-order chi connectivity index (χ0) is 12.8. The van der Waals surface area contributed by atoms with Crippen LogP contribution >= 0.6 is 11.3 Å². The van der Waals surface area contributed by atoms with Crippen molar-refractivity contribution in [3.63, 3.8) is 0 Å². The van der Waals surface area contributed by atoms with Crippen LogP contribution in [0.3, 0.4) is 0 Å². The van der Waals surface area contributed by atoms with Gasteiger partial charge in [0.05, 0.1) is 6.61 Å². The second-order valence-electron chi connectivity index (χ2n) is 3.86. The van der Waals surface area contributed by atoms with Crippen LogP contribution in [0.25, 0.3) is 10.6 Å². The van der Waals surface area contributed by atoms with Gasteiger partial charge in [-0.3, -0.25) is 4.98 Å². The summed E-state index contributed by atoms with van der Waals surface area (Å²) in [7, 11) is 1.69. The Hall–Kier alpha value is -1.37. The van der Waals surface area contributed by atoms with Gasteiger partial charge in [-0.25, -0.2) is 0 Å². The molecular formula is C12H16N4OS. The lowest BCUT2D eigenvalue weighted by Crippen LogP contribution is -2.18. The van der Waals surface area contributed by atoms with Crippen LogP contribution in [0, 0.1) is 6.92 Å². The summed E-state index contributed by atoms with van der Waals surface area (Å²) >= 11 is 1.60. The van der Waals surface area contributed by atoms with Crippen LogP contribution in [0.5, 0.6) is 0 Å². The van der Waals surface area contributed by atoms with Gasteiger partial charge < -0.3 is 10.1 Å². The summed E-state index contributed by atoms with van der Waals surface area (Å²) in [5.41, 5.74) is 2.06. The predicted molar refractivity (Wildman–Crippen MR) is 71.5 cm³/mol. The van der Waals surface area contributed by atoms with Crippen molar-refractivity contribution < 1.29 is 4.74 Å². The van der Waals surface area contributed by atoms with E-state index in [0.29, 0.717) is 6.61 Å². The summed E-state index contributed by atoms with van der Waals surface area (Å²) in [6.45, 7) is 4.22. The lowest BCUT2D eigenvalue weighted by Gasteiger charge is -1.99. The fourth-order valence-corrected chi connectivity index (χ4v) is 2.30. The zero-order valence-electron chi connectivity index (χ0n) is 10.5. The normalized spacial score (nSPS) is 10.8. The highest BCUT2D eigenvalue weighted by Crippen LogP contribution is 2.23. The molecule has 0 spiro atoms. The summed E-state index contributed by atoms with van der Waals surface area (Å²) in [5, 5.41) is 13.5. The Morgan fingerprint density at radius 2 is 2.28 bits per heavy atom. The average Bonchev–Trinajstić information content (AvgIpc) is 2.83. The molecule has 2 heterocycles. The van der Waals surface area contributed by atoms with E-state index in [-0.39, 0.29) is 0 Å². The Bertz CT molecular complexity index is 500. The first kappa shape index (κ1) is 13.1. The van der Waals surface area contributed by atoms with E-state index in [2.05, 4.69) is 20.5 Å². The number of methoxy groups -OCH3 is 1. The van der Waals surface area contributed by atoms with Crippen molar-refractivity contribution in [1.82, 2.24) is 20.5 Å². The first-order valence-electron chi connectivity index (χ1n) is 5.74. The Labute approximate surface area is 110 Å². The minimum absolute atomic E-state index is 0.704. The monoisotopic (exact) mass is 264 g/mol. The van der Waals surface area contributed by atoms with Crippen molar-refractivity contribution in [2.75, 3.05) is 20.3 Å². The molecule has 0 radical (unpaired) electrons. The maximum absolute atomic E-state index is 4.97. The van der Waals surface area contributed by atoms with E-state index in [0.717, 1.165) is 34.4 Å². The SMILES string of the molecule is COCCNCc1nnc(-c2ccnc(C)c2)s1. The number of aromatic nitrogens is 3. The molecule has 18 heavy (non-hydrogen) atoms. The van der Waals surface area contributed by atoms with Crippen molar-refractivity contribution >= 4 is 11.3 Å². The zero-order valence-corrected chi connectivity index (χ0v) is 11.3. The van der Waals surface area contributed by atoms with Crippen molar-refractivity contribution in [2.45, 2.75) is 13.5 Å². The minimum Gasteiger partial charge on any atom is -0.383 e. The molecule has 2 aromatic heterocycles. The van der Waals surface area contributed by atoms with Gasteiger partial charge in [-0.15, -0.1) is 10.2 Å². The molecule has 0 aliphatic rings. The van der Waals surface area contributed by atoms with Gasteiger partial charge in [0.25, 0.3) is 0 Å². The second-order valence-corrected chi connectivity index (χ2v) is 4.92. The predicted octanol–water partition coefficient (Wildman–Crippen LogP) is 1.64. The van der Waals surface area contributed by atoms with Gasteiger partial charge in [-0.1, -0.05) is 11.3 Å². The standard InChI is InChI=1S/C12H16N4OS/c1-9-7-10(3-4-14-9)12-16-15-11(18-12)8-13-5-6-17-2/h3-4,7,13H,5-6,8H2,1-2H3. The first-order chi connectivity index (χ1) is 8.79. The Morgan fingerprint density at radius 1 is 1.39 bits per heavy atom. The Morgan fingerprint density at radius 3 is 3.06 bits per heavy atom. The van der Waals surface area contributed by atoms with E-state index in [9.17, 15) is 0 Å². The van der Waals surface area contributed by atoms with Crippen LogP contribution in [-0.2, 0) is 11.3 Å². The summed E-state index contributed by atoms with van der Waals surface area (Å²) in [6, 6.07) is 3.97. The number of nitrogens with zero attached hydrogens (tertiary/aromatic N) is 3. The molecule has 0 aromatic carbocycles. The number of hydrogen-bond donors (Lipinski definition) is 1. The number of hydrogen-bond acceptors (Lipinski definition) is 6. The summed E-state index contributed by atoms with van der Waals surface area (Å²) in [5.74, 6) is 0. The largest absolute Gasteiger partial charge is 0.383 e. The lowest BCUT2D eigenvalue weighted by atomic mass is 10.2. The number of ether oxygens (including phenoxy) is 1. The van der Waals surface area contributed by atoms with Gasteiger partial charge in [0.15, 0.2) is 0 Å². The third-order valence-electron chi connectivity index (χ3n) is 2.37. The number of nitrogens with one attached hydrogen (secondary N) is 1. The van der Waals surface area contributed by atoms with E-state index in [1.54, 1.807) is 24.6 Å². The van der Waals surface area contributed by atoms with Crippen molar-refractivity contribution in [1.29, 1.82) is 0 Å². The van der Waals surface area contributed by atoms with Crippen LogP contribution in [0.4, 0.5) is 0 Å². The average molecular weight is 264 g/mol. The van der Waals surface area contributed by atoms with Crippen molar-refractivity contribution in [3.8, 4) is 10.6 Å². The fraction of sp³-hybridized carbons (Fsp3) is 0.417. The van der Waals surface area contributed by atoms with Crippen molar-refractivity contribution in [2.24, 2.45) is 0 Å². The van der Waals surface area contributed by atoms with E-state index < -0.39 is 0 Å². The smallest absolute Gasteiger partial charge is 0.147 e. The van der Waals surface area contributed by atoms with Crippen LogP contribution < -0.4 is 5.32 Å². The third-order valence-corrected chi connectivity index (χ3v) is 3.34. The van der Waals surface area contributed by atoms with Gasteiger partial charge in [0.2, 0.25) is 0 Å². The summed E-state index contributed by atoms with van der Waals surface area (Å²) in [6.07, 6.45) is 1.79. The quantitative estimate of drug-likeness (QED) is 0.804. The molecule has 0 saturated carbocycles. The summed E-state index contributed by atoms with van der Waals surface area (Å²) < 4.78 is 4.97. The van der Waals surface area contributed by atoms with Gasteiger partial charge >= 0.3 is 0 Å². The van der Waals surface area contributed by atoms with Gasteiger partial charge in [0.1, 0.15) is 10.0 Å². The van der Waals surface area contributed by atoms with Gasteiger partial charge in [0, 0.05) is 37.7 Å². The van der Waals surface area contributed by atoms with E-state index in [4.69, 9.17) is 4.74 Å². The molecule has 0 unspecified atom stereocenters. The molecule has 0 aliphatic heterocycles. The van der Waals surface area contributed by atoms with Crippen LogP contribution in [0.1, 0.15) is 10.7 Å². The first-order valence-corrected chi connectivity index (χ1v) is 6.56. The number of aryl methyl sites for hydroxylation is 1. The molecule has 6 heteroatoms. The van der Waals surface area contributed by atoms with Gasteiger partial charge in [-0.05, 0) is 19.1 Å². The van der Waals surface area contributed by atoms with Gasteiger partial charge in [-0.2, -0.15) is 0 Å². The van der Waals surface area contributed by atoms with E-state index in [1.165, 1.54) is 0 Å². The second kappa shape index (κ2) is 6.53. The molecule has 0 bridgehead atoms. The highest BCUT2D eigenvalue weighted by molar-refractivity contribution is 7.14. The third kappa shape index (κ3) is 3.56. The summed E-state index contributed by atoms with van der Waals surface area (Å²) in [4.78, 5) is 4.17. The van der Waals surface area contributed by atoms with Crippen LogP contribution in [0.2, 0.25) is 0 Å². The molecular weight excluding hydrogens is 248 g/mol. The van der Waals surface area contributed by atoms with Crippen LogP contribution in [-0.4, -0.2) is 35.4 Å². The van der Waals surface area contributed by atoms with E-state index in [1.807, 2.05) is 19.1 Å². The van der Waals surface area contributed by atoms with Crippen molar-refractivity contribution in [3.05, 3.63) is 29.0 Å². The Balaban J connectivity index is 1.97. The highest BCUT2D eigenvalue weighted by Gasteiger charge is 2.06. The topological polar surface area (TPSA) is 59.9 Å². The lowest BCUT2D eigenvalue weighted by molar-refractivity contribution is 0.199. The fourth-order valence-electron chi connectivity index (χ4n) is 1.49. The molecule has 0 aliphatic carbocycles. The molecule has 0 fully saturated rings. The molecule has 0 saturated heterocycles. The molecule has 5 nitrogen and oxygen atoms in total.